The second-order valence-electron chi connectivity index (χ2n) is 7.16. The molecule has 118 valence electrons. The summed E-state index contributed by atoms with van der Waals surface area (Å²) in [5.41, 5.74) is 8.02. The predicted octanol–water partition coefficient (Wildman–Crippen LogP) is 3.11. The van der Waals surface area contributed by atoms with Crippen molar-refractivity contribution in [3.8, 4) is 5.75 Å². The fourth-order valence-corrected chi connectivity index (χ4v) is 3.40. The van der Waals surface area contributed by atoms with E-state index in [1.165, 1.54) is 0 Å². The fourth-order valence-electron chi connectivity index (χ4n) is 3.40. The van der Waals surface area contributed by atoms with E-state index in [9.17, 15) is 0 Å². The minimum absolute atomic E-state index is 0.0785. The third-order valence-electron chi connectivity index (χ3n) is 3.75. The minimum Gasteiger partial charge on any atom is -0.496 e. The maximum atomic E-state index is 6.19. The van der Waals surface area contributed by atoms with Crippen molar-refractivity contribution < 1.29 is 9.47 Å². The molecule has 1 atom stereocenters. The van der Waals surface area contributed by atoms with Crippen LogP contribution < -0.4 is 15.4 Å². The first-order chi connectivity index (χ1) is 9.65. The van der Waals surface area contributed by atoms with Gasteiger partial charge >= 0.3 is 0 Å². The van der Waals surface area contributed by atoms with Gasteiger partial charge in [-0.2, -0.15) is 0 Å². The number of morpholine rings is 1. The second-order valence-corrected chi connectivity index (χ2v) is 7.16. The highest BCUT2D eigenvalue weighted by atomic mass is 16.5. The molecule has 0 unspecified atom stereocenters. The number of methoxy groups -OCH3 is 1. The van der Waals surface area contributed by atoms with Crippen molar-refractivity contribution in [3.05, 3.63) is 23.8 Å². The van der Waals surface area contributed by atoms with Crippen molar-refractivity contribution in [2.45, 2.75) is 51.9 Å². The zero-order valence-electron chi connectivity index (χ0n) is 14.1. The van der Waals surface area contributed by atoms with E-state index in [4.69, 9.17) is 15.2 Å². The van der Waals surface area contributed by atoms with E-state index < -0.39 is 0 Å². The number of ether oxygens (including phenoxy) is 2. The van der Waals surface area contributed by atoms with Crippen LogP contribution in [-0.4, -0.2) is 31.4 Å². The van der Waals surface area contributed by atoms with Crippen molar-refractivity contribution in [3.63, 3.8) is 0 Å². The number of nitrogens with two attached hydrogens (primary N) is 1. The predicted molar refractivity (Wildman–Crippen MR) is 87.1 cm³/mol. The molecule has 21 heavy (non-hydrogen) atoms. The van der Waals surface area contributed by atoms with Crippen molar-refractivity contribution in [1.82, 2.24) is 0 Å². The molecule has 1 fully saturated rings. The number of benzene rings is 1. The molecule has 0 saturated carbocycles. The van der Waals surface area contributed by atoms with Gasteiger partial charge in [-0.25, -0.2) is 0 Å². The Morgan fingerprint density at radius 1 is 1.19 bits per heavy atom. The highest BCUT2D eigenvalue weighted by Gasteiger charge is 2.39. The molecule has 0 bridgehead atoms. The van der Waals surface area contributed by atoms with Gasteiger partial charge in [0.1, 0.15) is 5.75 Å². The van der Waals surface area contributed by atoms with Gasteiger partial charge in [-0.1, -0.05) is 6.07 Å². The lowest BCUT2D eigenvalue weighted by atomic mass is 9.96. The summed E-state index contributed by atoms with van der Waals surface area (Å²) in [6.07, 6.45) is 0. The van der Waals surface area contributed by atoms with Crippen molar-refractivity contribution in [2.75, 3.05) is 25.1 Å². The summed E-state index contributed by atoms with van der Waals surface area (Å²) < 4.78 is 11.7. The highest BCUT2D eigenvalue weighted by molar-refractivity contribution is 5.61. The Kier molecular flexibility index (Phi) is 4.22. The Morgan fingerprint density at radius 3 is 2.24 bits per heavy atom. The van der Waals surface area contributed by atoms with Gasteiger partial charge in [0, 0.05) is 30.4 Å². The molecular formula is C17H28N2O2. The van der Waals surface area contributed by atoms with E-state index in [0.717, 1.165) is 30.1 Å². The number of rotatable bonds is 3. The lowest BCUT2D eigenvalue weighted by molar-refractivity contribution is -0.133. The molecule has 4 nitrogen and oxygen atoms in total. The molecular weight excluding hydrogens is 264 g/mol. The minimum atomic E-state index is -0.195. The van der Waals surface area contributed by atoms with Crippen LogP contribution >= 0.6 is 0 Å². The molecule has 4 heteroatoms. The van der Waals surface area contributed by atoms with Gasteiger partial charge in [0.25, 0.3) is 0 Å². The Hall–Kier alpha value is -1.26. The molecule has 1 heterocycles. The molecule has 0 radical (unpaired) electrons. The Morgan fingerprint density at radius 2 is 1.76 bits per heavy atom. The molecule has 2 N–H and O–H groups in total. The van der Waals surface area contributed by atoms with Crippen LogP contribution in [0, 0.1) is 0 Å². The Bertz CT molecular complexity index is 494. The molecule has 0 amide bonds. The summed E-state index contributed by atoms with van der Waals surface area (Å²) in [5, 5.41) is 0. The van der Waals surface area contributed by atoms with E-state index in [0.29, 0.717) is 0 Å². The average molecular weight is 292 g/mol. The first-order valence-electron chi connectivity index (χ1n) is 7.53. The number of nitrogens with zero attached hydrogens (tertiary/aromatic N) is 1. The summed E-state index contributed by atoms with van der Waals surface area (Å²) in [6, 6.07) is 6.04. The molecule has 1 saturated heterocycles. The van der Waals surface area contributed by atoms with Gasteiger partial charge in [0.05, 0.1) is 18.3 Å². The molecule has 1 aliphatic heterocycles. The van der Waals surface area contributed by atoms with Crippen LogP contribution in [0.25, 0.3) is 0 Å². The highest BCUT2D eigenvalue weighted by Crippen LogP contribution is 2.38. The van der Waals surface area contributed by atoms with Crippen LogP contribution in [0.3, 0.4) is 0 Å². The second kappa shape index (κ2) is 5.50. The van der Waals surface area contributed by atoms with Gasteiger partial charge in [-0.05, 0) is 46.8 Å². The zero-order chi connectivity index (χ0) is 15.8. The standard InChI is InChI=1S/C17H28N2O2/c1-12(18)15-13(8-7-9-14(15)20-6)19-10-16(2,3)21-17(4,5)11-19/h7-9,12H,10-11,18H2,1-6H3/t12-/m0/s1. The maximum absolute atomic E-state index is 6.19. The van der Waals surface area contributed by atoms with E-state index in [-0.39, 0.29) is 17.2 Å². The lowest BCUT2D eigenvalue weighted by Crippen LogP contribution is -2.57. The normalized spacial score (nSPS) is 22.0. The molecule has 0 spiro atoms. The maximum Gasteiger partial charge on any atom is 0.125 e. The van der Waals surface area contributed by atoms with Crippen LogP contribution in [0.4, 0.5) is 5.69 Å². The topological polar surface area (TPSA) is 47.7 Å². The van der Waals surface area contributed by atoms with Crippen molar-refractivity contribution in [2.24, 2.45) is 5.73 Å². The van der Waals surface area contributed by atoms with E-state index in [1.807, 2.05) is 19.1 Å². The third kappa shape index (κ3) is 3.50. The van der Waals surface area contributed by atoms with Gasteiger partial charge in [0.2, 0.25) is 0 Å². The summed E-state index contributed by atoms with van der Waals surface area (Å²) in [6.45, 7) is 12.2. The summed E-state index contributed by atoms with van der Waals surface area (Å²) in [5.74, 6) is 0.851. The Balaban J connectivity index is 2.46. The smallest absolute Gasteiger partial charge is 0.125 e. The summed E-state index contributed by atoms with van der Waals surface area (Å²) in [4.78, 5) is 2.37. The average Bonchev–Trinajstić information content (AvgIpc) is 2.33. The van der Waals surface area contributed by atoms with Gasteiger partial charge in [-0.15, -0.1) is 0 Å². The number of anilines is 1. The molecule has 2 rings (SSSR count). The quantitative estimate of drug-likeness (QED) is 0.930. The largest absolute Gasteiger partial charge is 0.496 e. The van der Waals surface area contributed by atoms with Crippen LogP contribution in [0.2, 0.25) is 0 Å². The van der Waals surface area contributed by atoms with E-state index in [1.54, 1.807) is 7.11 Å². The number of hydrogen-bond donors (Lipinski definition) is 1. The SMILES string of the molecule is COc1cccc(N2CC(C)(C)OC(C)(C)C2)c1[C@H](C)N. The summed E-state index contributed by atoms with van der Waals surface area (Å²) in [7, 11) is 1.69. The van der Waals surface area contributed by atoms with Gasteiger partial charge < -0.3 is 20.1 Å². The molecule has 0 aliphatic carbocycles. The van der Waals surface area contributed by atoms with Gasteiger partial charge in [0.15, 0.2) is 0 Å². The van der Waals surface area contributed by atoms with Crippen molar-refractivity contribution in [1.29, 1.82) is 0 Å². The van der Waals surface area contributed by atoms with E-state index in [2.05, 4.69) is 38.7 Å². The molecule has 1 aliphatic rings. The van der Waals surface area contributed by atoms with Crippen LogP contribution in [0.5, 0.6) is 5.75 Å². The van der Waals surface area contributed by atoms with Gasteiger partial charge in [-0.3, -0.25) is 0 Å². The Labute approximate surface area is 128 Å². The third-order valence-corrected chi connectivity index (χ3v) is 3.75. The molecule has 1 aromatic rings. The first-order valence-corrected chi connectivity index (χ1v) is 7.53. The number of hydrogen-bond acceptors (Lipinski definition) is 4. The molecule has 1 aromatic carbocycles. The zero-order valence-corrected chi connectivity index (χ0v) is 14.1. The first kappa shape index (κ1) is 16.1. The van der Waals surface area contributed by atoms with E-state index >= 15 is 0 Å². The summed E-state index contributed by atoms with van der Waals surface area (Å²) >= 11 is 0. The monoisotopic (exact) mass is 292 g/mol. The van der Waals surface area contributed by atoms with Crippen molar-refractivity contribution >= 4 is 5.69 Å². The van der Waals surface area contributed by atoms with Crippen LogP contribution in [-0.2, 0) is 4.74 Å². The fraction of sp³-hybridized carbons (Fsp3) is 0.647. The molecule has 0 aromatic heterocycles. The van der Waals surface area contributed by atoms with Crippen LogP contribution in [0.15, 0.2) is 18.2 Å². The van der Waals surface area contributed by atoms with Crippen LogP contribution in [0.1, 0.15) is 46.2 Å². The lowest BCUT2D eigenvalue weighted by Gasteiger charge is -2.48.